The van der Waals surface area contributed by atoms with Gasteiger partial charge in [-0.3, -0.25) is 0 Å². The standard InChI is InChI=1S/C10H14/c1-5-10(4)8-6-7-9(2)3/h5-8H,1-2H2,3-4H3/b7-6+,10-8?. The highest BCUT2D eigenvalue weighted by molar-refractivity contribution is 5.23. The van der Waals surface area contributed by atoms with Crippen LogP contribution in [0.25, 0.3) is 0 Å². The Hall–Kier alpha value is -1.04. The highest BCUT2D eigenvalue weighted by Crippen LogP contribution is 1.95. The summed E-state index contributed by atoms with van der Waals surface area (Å²) in [5.41, 5.74) is 2.23. The Kier molecular flexibility index (Phi) is 4.30. The molecular weight excluding hydrogens is 120 g/mol. The van der Waals surface area contributed by atoms with Crippen LogP contribution >= 0.6 is 0 Å². The fourth-order valence-electron chi connectivity index (χ4n) is 0.432. The molecule has 0 fully saturated rings. The zero-order valence-corrected chi connectivity index (χ0v) is 6.72. The van der Waals surface area contributed by atoms with Crippen LogP contribution in [0.4, 0.5) is 0 Å². The lowest BCUT2D eigenvalue weighted by atomic mass is 10.2. The second kappa shape index (κ2) is 4.80. The maximum atomic E-state index is 3.74. The van der Waals surface area contributed by atoms with Crippen molar-refractivity contribution in [3.63, 3.8) is 0 Å². The first-order valence-electron chi connectivity index (χ1n) is 3.29. The Labute approximate surface area is 63.3 Å². The van der Waals surface area contributed by atoms with Crippen molar-refractivity contribution in [2.75, 3.05) is 0 Å². The zero-order chi connectivity index (χ0) is 7.98. The van der Waals surface area contributed by atoms with Crippen molar-refractivity contribution in [2.45, 2.75) is 13.8 Å². The van der Waals surface area contributed by atoms with Crippen LogP contribution in [-0.4, -0.2) is 0 Å². The SMILES string of the molecule is C=CC(C)=C/C=C/C(=C)C. The number of hydrogen-bond acceptors (Lipinski definition) is 0. The number of allylic oxidation sites excluding steroid dienone is 6. The zero-order valence-electron chi connectivity index (χ0n) is 6.72. The van der Waals surface area contributed by atoms with Crippen LogP contribution in [0.5, 0.6) is 0 Å². The van der Waals surface area contributed by atoms with E-state index in [1.807, 2.05) is 38.2 Å². The van der Waals surface area contributed by atoms with Crippen LogP contribution < -0.4 is 0 Å². The van der Waals surface area contributed by atoms with Gasteiger partial charge in [0.25, 0.3) is 0 Å². The van der Waals surface area contributed by atoms with E-state index in [9.17, 15) is 0 Å². The molecule has 0 bridgehead atoms. The molecule has 0 aliphatic carbocycles. The third kappa shape index (κ3) is 5.10. The molecule has 0 N–H and O–H groups in total. The van der Waals surface area contributed by atoms with Gasteiger partial charge in [-0.15, -0.1) is 0 Å². The second-order valence-corrected chi connectivity index (χ2v) is 2.32. The number of hydrogen-bond donors (Lipinski definition) is 0. The van der Waals surface area contributed by atoms with E-state index in [-0.39, 0.29) is 0 Å². The molecule has 54 valence electrons. The van der Waals surface area contributed by atoms with Crippen LogP contribution in [0, 0.1) is 0 Å². The summed E-state index contributed by atoms with van der Waals surface area (Å²) in [7, 11) is 0. The van der Waals surface area contributed by atoms with E-state index in [0.717, 1.165) is 11.1 Å². The van der Waals surface area contributed by atoms with Crippen molar-refractivity contribution in [2.24, 2.45) is 0 Å². The fourth-order valence-corrected chi connectivity index (χ4v) is 0.432. The lowest BCUT2D eigenvalue weighted by molar-refractivity contribution is 1.51. The summed E-state index contributed by atoms with van der Waals surface area (Å²) >= 11 is 0. The van der Waals surface area contributed by atoms with E-state index < -0.39 is 0 Å². The Morgan fingerprint density at radius 1 is 1.30 bits per heavy atom. The van der Waals surface area contributed by atoms with Gasteiger partial charge < -0.3 is 0 Å². The maximum absolute atomic E-state index is 3.74. The van der Waals surface area contributed by atoms with E-state index in [1.165, 1.54) is 0 Å². The molecule has 0 unspecified atom stereocenters. The van der Waals surface area contributed by atoms with Gasteiger partial charge in [0.1, 0.15) is 0 Å². The van der Waals surface area contributed by atoms with Crippen LogP contribution in [0.15, 0.2) is 48.6 Å². The predicted octanol–water partition coefficient (Wildman–Crippen LogP) is 3.25. The van der Waals surface area contributed by atoms with E-state index in [4.69, 9.17) is 0 Å². The molecule has 0 heterocycles. The molecule has 0 atom stereocenters. The van der Waals surface area contributed by atoms with E-state index in [0.29, 0.717) is 0 Å². The summed E-state index contributed by atoms with van der Waals surface area (Å²) in [6.07, 6.45) is 7.76. The van der Waals surface area contributed by atoms with Gasteiger partial charge in [0.15, 0.2) is 0 Å². The average molecular weight is 134 g/mol. The molecule has 0 aliphatic heterocycles. The minimum Gasteiger partial charge on any atom is -0.0988 e. The van der Waals surface area contributed by atoms with E-state index >= 15 is 0 Å². The van der Waals surface area contributed by atoms with E-state index in [1.54, 1.807) is 0 Å². The van der Waals surface area contributed by atoms with Crippen LogP contribution in [0.1, 0.15) is 13.8 Å². The summed E-state index contributed by atoms with van der Waals surface area (Å²) in [6.45, 7) is 11.3. The smallest absolute Gasteiger partial charge is 0.0398 e. The molecule has 0 rings (SSSR count). The van der Waals surface area contributed by atoms with Crippen molar-refractivity contribution in [3.8, 4) is 0 Å². The average Bonchev–Trinajstić information content (AvgIpc) is 1.87. The largest absolute Gasteiger partial charge is 0.0988 e. The van der Waals surface area contributed by atoms with Crippen molar-refractivity contribution in [3.05, 3.63) is 48.6 Å². The molecule has 0 saturated heterocycles. The lowest BCUT2D eigenvalue weighted by Crippen LogP contribution is -1.63. The highest BCUT2D eigenvalue weighted by Gasteiger charge is 1.74. The molecule has 10 heavy (non-hydrogen) atoms. The minimum absolute atomic E-state index is 1.06. The molecule has 0 amide bonds. The van der Waals surface area contributed by atoms with Gasteiger partial charge in [0.2, 0.25) is 0 Å². The van der Waals surface area contributed by atoms with Crippen molar-refractivity contribution < 1.29 is 0 Å². The van der Waals surface area contributed by atoms with Crippen molar-refractivity contribution >= 4 is 0 Å². The second-order valence-electron chi connectivity index (χ2n) is 2.32. The normalized spacial score (nSPS) is 12.0. The summed E-state index contributed by atoms with van der Waals surface area (Å²) in [4.78, 5) is 0. The Morgan fingerprint density at radius 3 is 2.30 bits per heavy atom. The quantitative estimate of drug-likeness (QED) is 0.520. The third-order valence-electron chi connectivity index (χ3n) is 1.06. The first-order chi connectivity index (χ1) is 4.66. The summed E-state index contributed by atoms with van der Waals surface area (Å²) in [5, 5.41) is 0. The molecule has 0 aromatic rings. The van der Waals surface area contributed by atoms with Gasteiger partial charge >= 0.3 is 0 Å². The topological polar surface area (TPSA) is 0 Å². The Balaban J connectivity index is 3.93. The molecular formula is C10H14. The molecule has 0 aromatic carbocycles. The monoisotopic (exact) mass is 134 g/mol. The third-order valence-corrected chi connectivity index (χ3v) is 1.06. The van der Waals surface area contributed by atoms with Crippen molar-refractivity contribution in [1.82, 2.24) is 0 Å². The van der Waals surface area contributed by atoms with Gasteiger partial charge in [-0.2, -0.15) is 0 Å². The fraction of sp³-hybridized carbons (Fsp3) is 0.200. The Morgan fingerprint density at radius 2 is 1.90 bits per heavy atom. The molecule has 0 aromatic heterocycles. The van der Waals surface area contributed by atoms with E-state index in [2.05, 4.69) is 13.2 Å². The van der Waals surface area contributed by atoms with Crippen LogP contribution in [0.3, 0.4) is 0 Å². The minimum atomic E-state index is 1.06. The molecule has 0 aliphatic rings. The Bertz CT molecular complexity index is 180. The van der Waals surface area contributed by atoms with Crippen LogP contribution in [0.2, 0.25) is 0 Å². The van der Waals surface area contributed by atoms with Crippen LogP contribution in [-0.2, 0) is 0 Å². The molecule has 0 spiro atoms. The first-order valence-corrected chi connectivity index (χ1v) is 3.29. The summed E-state index contributed by atoms with van der Waals surface area (Å²) in [6, 6.07) is 0. The summed E-state index contributed by atoms with van der Waals surface area (Å²) < 4.78 is 0. The molecule has 0 heteroatoms. The lowest BCUT2D eigenvalue weighted by Gasteiger charge is -1.84. The molecule has 0 nitrogen and oxygen atoms in total. The number of rotatable bonds is 3. The molecule has 0 saturated carbocycles. The van der Waals surface area contributed by atoms with Gasteiger partial charge in [-0.25, -0.2) is 0 Å². The first kappa shape index (κ1) is 8.96. The van der Waals surface area contributed by atoms with Gasteiger partial charge in [-0.1, -0.05) is 48.6 Å². The van der Waals surface area contributed by atoms with Gasteiger partial charge in [-0.05, 0) is 13.8 Å². The highest BCUT2D eigenvalue weighted by atomic mass is 13.8. The maximum Gasteiger partial charge on any atom is -0.0398 e. The predicted molar refractivity (Wildman–Crippen MR) is 47.9 cm³/mol. The van der Waals surface area contributed by atoms with Crippen molar-refractivity contribution in [1.29, 1.82) is 0 Å². The summed E-state index contributed by atoms with van der Waals surface area (Å²) in [5.74, 6) is 0. The van der Waals surface area contributed by atoms with Gasteiger partial charge in [0.05, 0.1) is 0 Å². The molecule has 0 radical (unpaired) electrons. The van der Waals surface area contributed by atoms with Gasteiger partial charge in [0, 0.05) is 0 Å².